The van der Waals surface area contributed by atoms with E-state index in [1.807, 2.05) is 30.3 Å². The number of hydrazine groups is 1. The van der Waals surface area contributed by atoms with Crippen LogP contribution in [0, 0.1) is 0 Å². The second kappa shape index (κ2) is 6.42. The van der Waals surface area contributed by atoms with E-state index in [1.54, 1.807) is 6.92 Å². The number of carbonyl (C=O) groups is 2. The Morgan fingerprint density at radius 1 is 1.29 bits per heavy atom. The number of hydrogen-bond acceptors (Lipinski definition) is 5. The van der Waals surface area contributed by atoms with Crippen molar-refractivity contribution in [1.29, 1.82) is 0 Å². The van der Waals surface area contributed by atoms with Crippen LogP contribution in [0.4, 0.5) is 10.6 Å². The first kappa shape index (κ1) is 14.4. The second-order valence-electron chi connectivity index (χ2n) is 3.99. The van der Waals surface area contributed by atoms with Crippen molar-refractivity contribution in [3.05, 3.63) is 42.1 Å². The molecular weight excluding hydrogens is 274 g/mol. The molecule has 2 amide bonds. The Morgan fingerprint density at radius 2 is 2.00 bits per heavy atom. The third kappa shape index (κ3) is 3.30. The fourth-order valence-corrected chi connectivity index (χ4v) is 1.65. The predicted molar refractivity (Wildman–Crippen MR) is 75.6 cm³/mol. The van der Waals surface area contributed by atoms with Gasteiger partial charge < -0.3 is 10.5 Å². The van der Waals surface area contributed by atoms with Gasteiger partial charge in [0, 0.05) is 0 Å². The summed E-state index contributed by atoms with van der Waals surface area (Å²) in [4.78, 5) is 23.0. The molecule has 4 N–H and O–H groups in total. The summed E-state index contributed by atoms with van der Waals surface area (Å²) < 4.78 is 6.05. The Balaban J connectivity index is 2.10. The summed E-state index contributed by atoms with van der Waals surface area (Å²) in [5.41, 5.74) is 11.1. The molecule has 1 heterocycles. The van der Waals surface area contributed by atoms with E-state index in [0.717, 1.165) is 5.69 Å². The van der Waals surface area contributed by atoms with E-state index in [2.05, 4.69) is 20.7 Å². The van der Waals surface area contributed by atoms with Crippen LogP contribution >= 0.6 is 0 Å². The summed E-state index contributed by atoms with van der Waals surface area (Å²) in [7, 11) is 0. The molecule has 0 spiro atoms. The fraction of sp³-hybridized carbons (Fsp3) is 0.154. The minimum Gasteiger partial charge on any atom is -0.449 e. The van der Waals surface area contributed by atoms with Crippen molar-refractivity contribution >= 4 is 17.8 Å². The normalized spacial score (nSPS) is 9.95. The standard InChI is InChI=1S/C13H15N5O3/c1-2-21-13(20)17-16-12(19)10-8-15-18(11(10)14)9-6-4-3-5-7-9/h3-8H,2,14H2,1H3,(H,16,19)(H,17,20). The Hall–Kier alpha value is -3.03. The van der Waals surface area contributed by atoms with Gasteiger partial charge >= 0.3 is 6.09 Å². The molecule has 8 heteroatoms. The van der Waals surface area contributed by atoms with Crippen LogP contribution in [0.2, 0.25) is 0 Å². The van der Waals surface area contributed by atoms with E-state index in [0.29, 0.717) is 0 Å². The molecule has 0 aliphatic rings. The third-order valence-corrected chi connectivity index (χ3v) is 2.61. The molecule has 2 rings (SSSR count). The average Bonchev–Trinajstić information content (AvgIpc) is 2.88. The van der Waals surface area contributed by atoms with Gasteiger partial charge in [-0.05, 0) is 19.1 Å². The van der Waals surface area contributed by atoms with E-state index in [9.17, 15) is 9.59 Å². The quantitative estimate of drug-likeness (QED) is 0.725. The smallest absolute Gasteiger partial charge is 0.426 e. The van der Waals surface area contributed by atoms with Gasteiger partial charge in [0.25, 0.3) is 5.91 Å². The zero-order chi connectivity index (χ0) is 15.2. The number of carbonyl (C=O) groups excluding carboxylic acids is 2. The van der Waals surface area contributed by atoms with Crippen molar-refractivity contribution in [2.75, 3.05) is 12.3 Å². The van der Waals surface area contributed by atoms with Crippen LogP contribution < -0.4 is 16.6 Å². The molecule has 8 nitrogen and oxygen atoms in total. The SMILES string of the molecule is CCOC(=O)NNC(=O)c1cnn(-c2ccccc2)c1N. The molecule has 110 valence electrons. The van der Waals surface area contributed by atoms with Crippen LogP contribution in [0.3, 0.4) is 0 Å². The summed E-state index contributed by atoms with van der Waals surface area (Å²) >= 11 is 0. The van der Waals surface area contributed by atoms with E-state index in [-0.39, 0.29) is 18.0 Å². The molecule has 0 aliphatic heterocycles. The predicted octanol–water partition coefficient (Wildman–Crippen LogP) is 0.845. The van der Waals surface area contributed by atoms with Crippen molar-refractivity contribution in [2.45, 2.75) is 6.92 Å². The molecule has 0 aliphatic carbocycles. The van der Waals surface area contributed by atoms with Crippen LogP contribution in [-0.2, 0) is 4.74 Å². The lowest BCUT2D eigenvalue weighted by Crippen LogP contribution is -2.42. The van der Waals surface area contributed by atoms with Crippen LogP contribution in [-0.4, -0.2) is 28.4 Å². The number of nitrogens with two attached hydrogens (primary N) is 1. The Bertz CT molecular complexity index is 639. The van der Waals surface area contributed by atoms with Crippen LogP contribution in [0.25, 0.3) is 5.69 Å². The number of nitrogens with one attached hydrogen (secondary N) is 2. The van der Waals surface area contributed by atoms with E-state index >= 15 is 0 Å². The lowest BCUT2D eigenvalue weighted by molar-refractivity contribution is 0.0913. The highest BCUT2D eigenvalue weighted by atomic mass is 16.5. The minimum absolute atomic E-state index is 0.149. The number of ether oxygens (including phenoxy) is 1. The highest BCUT2D eigenvalue weighted by molar-refractivity contribution is 5.99. The van der Waals surface area contributed by atoms with E-state index in [4.69, 9.17) is 5.73 Å². The van der Waals surface area contributed by atoms with Crippen molar-refractivity contribution in [3.8, 4) is 5.69 Å². The van der Waals surface area contributed by atoms with Gasteiger partial charge in [0.1, 0.15) is 11.4 Å². The number of hydrogen-bond donors (Lipinski definition) is 3. The van der Waals surface area contributed by atoms with Gasteiger partial charge in [0.05, 0.1) is 18.5 Å². The maximum absolute atomic E-state index is 11.9. The van der Waals surface area contributed by atoms with Crippen molar-refractivity contribution < 1.29 is 14.3 Å². The lowest BCUT2D eigenvalue weighted by atomic mass is 10.3. The number of anilines is 1. The number of nitrogens with zero attached hydrogens (tertiary/aromatic N) is 2. The number of nitrogen functional groups attached to an aromatic ring is 1. The van der Waals surface area contributed by atoms with Crippen molar-refractivity contribution in [2.24, 2.45) is 0 Å². The number of para-hydroxylation sites is 1. The molecule has 0 atom stereocenters. The lowest BCUT2D eigenvalue weighted by Gasteiger charge is -2.07. The van der Waals surface area contributed by atoms with Crippen molar-refractivity contribution in [1.82, 2.24) is 20.6 Å². The maximum atomic E-state index is 11.9. The first-order chi connectivity index (χ1) is 10.1. The molecule has 0 saturated heterocycles. The third-order valence-electron chi connectivity index (χ3n) is 2.61. The zero-order valence-corrected chi connectivity index (χ0v) is 11.4. The van der Waals surface area contributed by atoms with Crippen LogP contribution in [0.5, 0.6) is 0 Å². The summed E-state index contributed by atoms with van der Waals surface area (Å²) in [6.45, 7) is 1.86. The highest BCUT2D eigenvalue weighted by Gasteiger charge is 2.16. The van der Waals surface area contributed by atoms with Gasteiger partial charge in [-0.3, -0.25) is 10.2 Å². The van der Waals surface area contributed by atoms with Gasteiger partial charge in [-0.1, -0.05) is 18.2 Å². The summed E-state index contributed by atoms with van der Waals surface area (Å²) in [5.74, 6) is -0.410. The number of benzene rings is 1. The molecule has 2 aromatic rings. The Labute approximate surface area is 120 Å². The zero-order valence-electron chi connectivity index (χ0n) is 11.4. The first-order valence-corrected chi connectivity index (χ1v) is 6.25. The molecular formula is C13H15N5O3. The molecule has 0 saturated carbocycles. The first-order valence-electron chi connectivity index (χ1n) is 6.25. The van der Waals surface area contributed by atoms with Gasteiger partial charge in [0.15, 0.2) is 0 Å². The maximum Gasteiger partial charge on any atom is 0.426 e. The van der Waals surface area contributed by atoms with Gasteiger partial charge in [-0.2, -0.15) is 5.10 Å². The Morgan fingerprint density at radius 3 is 2.67 bits per heavy atom. The monoisotopic (exact) mass is 289 g/mol. The largest absolute Gasteiger partial charge is 0.449 e. The van der Waals surface area contributed by atoms with Crippen LogP contribution in [0.1, 0.15) is 17.3 Å². The number of aromatic nitrogens is 2. The summed E-state index contributed by atoms with van der Waals surface area (Å²) in [6.07, 6.45) is 0.574. The topological polar surface area (TPSA) is 111 Å². The minimum atomic E-state index is -0.750. The molecule has 1 aromatic heterocycles. The van der Waals surface area contributed by atoms with Gasteiger partial charge in [0.2, 0.25) is 0 Å². The summed E-state index contributed by atoms with van der Waals surface area (Å²) in [5, 5.41) is 4.06. The molecule has 0 radical (unpaired) electrons. The van der Waals surface area contributed by atoms with Gasteiger partial charge in [-0.25, -0.2) is 14.9 Å². The number of rotatable bonds is 3. The summed E-state index contributed by atoms with van der Waals surface area (Å²) in [6, 6.07) is 9.14. The number of amides is 2. The molecule has 21 heavy (non-hydrogen) atoms. The molecule has 1 aromatic carbocycles. The second-order valence-corrected chi connectivity index (χ2v) is 3.99. The van der Waals surface area contributed by atoms with E-state index in [1.165, 1.54) is 10.9 Å². The molecule has 0 fully saturated rings. The Kier molecular flexibility index (Phi) is 4.39. The van der Waals surface area contributed by atoms with Gasteiger partial charge in [-0.15, -0.1) is 0 Å². The average molecular weight is 289 g/mol. The van der Waals surface area contributed by atoms with E-state index < -0.39 is 12.0 Å². The van der Waals surface area contributed by atoms with Crippen molar-refractivity contribution in [3.63, 3.8) is 0 Å². The fourth-order valence-electron chi connectivity index (χ4n) is 1.65. The molecule has 0 unspecified atom stereocenters. The highest BCUT2D eigenvalue weighted by Crippen LogP contribution is 2.16. The molecule has 0 bridgehead atoms. The van der Waals surface area contributed by atoms with Crippen LogP contribution in [0.15, 0.2) is 36.5 Å².